The number of nitrogens with zero attached hydrogens (tertiary/aromatic N) is 1. The van der Waals surface area contributed by atoms with Gasteiger partial charge in [-0.05, 0) is 25.5 Å². The number of thiophene rings is 1. The Labute approximate surface area is 80.9 Å². The van der Waals surface area contributed by atoms with Crippen molar-refractivity contribution in [3.05, 3.63) is 21.9 Å². The number of hydrogen-bond donors (Lipinski definition) is 0. The van der Waals surface area contributed by atoms with Crippen molar-refractivity contribution in [2.24, 2.45) is 0 Å². The first kappa shape index (κ1) is 8.72. The summed E-state index contributed by atoms with van der Waals surface area (Å²) in [7, 11) is 0. The minimum absolute atomic E-state index is 0.00407. The highest BCUT2D eigenvalue weighted by atomic mass is 32.1. The van der Waals surface area contributed by atoms with Crippen LogP contribution in [0.5, 0.6) is 0 Å². The Bertz CT molecular complexity index is 315. The van der Waals surface area contributed by atoms with Crippen molar-refractivity contribution < 1.29 is 9.63 Å². The molecule has 0 aliphatic carbocycles. The zero-order valence-electron chi connectivity index (χ0n) is 7.45. The fourth-order valence-electron chi connectivity index (χ4n) is 1.28. The Kier molecular flexibility index (Phi) is 2.33. The van der Waals surface area contributed by atoms with E-state index in [0.717, 1.165) is 22.7 Å². The summed E-state index contributed by atoms with van der Waals surface area (Å²) in [5.41, 5.74) is 0. The molecule has 0 aromatic carbocycles. The standard InChI is InChI=1S/C9H11NO2S/c1-7-3-4-8(13-7)9(11)10-5-2-6-12-10/h3-4H,2,5-6H2,1H3. The van der Waals surface area contributed by atoms with Gasteiger partial charge in [-0.15, -0.1) is 11.3 Å². The maximum absolute atomic E-state index is 11.7. The summed E-state index contributed by atoms with van der Waals surface area (Å²) < 4.78 is 0. The predicted molar refractivity (Wildman–Crippen MR) is 50.7 cm³/mol. The molecular formula is C9H11NO2S. The SMILES string of the molecule is Cc1ccc(C(=O)N2CCCO2)s1. The van der Waals surface area contributed by atoms with Crippen LogP contribution < -0.4 is 0 Å². The van der Waals surface area contributed by atoms with Gasteiger partial charge in [-0.2, -0.15) is 0 Å². The van der Waals surface area contributed by atoms with Crippen molar-refractivity contribution in [3.8, 4) is 0 Å². The number of amides is 1. The van der Waals surface area contributed by atoms with Gasteiger partial charge in [0.1, 0.15) is 0 Å². The van der Waals surface area contributed by atoms with Gasteiger partial charge in [0, 0.05) is 4.88 Å². The van der Waals surface area contributed by atoms with Gasteiger partial charge < -0.3 is 0 Å². The van der Waals surface area contributed by atoms with Crippen LogP contribution in [0.25, 0.3) is 0 Å². The quantitative estimate of drug-likeness (QED) is 0.687. The van der Waals surface area contributed by atoms with Gasteiger partial charge in [0.05, 0.1) is 18.0 Å². The number of aryl methyl sites for hydroxylation is 1. The van der Waals surface area contributed by atoms with E-state index in [1.165, 1.54) is 16.4 Å². The average molecular weight is 197 g/mol. The van der Waals surface area contributed by atoms with Crippen LogP contribution in [0.4, 0.5) is 0 Å². The zero-order chi connectivity index (χ0) is 9.26. The Morgan fingerprint density at radius 2 is 2.46 bits per heavy atom. The molecule has 1 aromatic rings. The van der Waals surface area contributed by atoms with Crippen LogP contribution in [0.1, 0.15) is 21.0 Å². The van der Waals surface area contributed by atoms with Crippen molar-refractivity contribution in [2.75, 3.05) is 13.2 Å². The van der Waals surface area contributed by atoms with E-state index in [1.54, 1.807) is 0 Å². The molecule has 1 aliphatic rings. The van der Waals surface area contributed by atoms with E-state index in [1.807, 2.05) is 19.1 Å². The molecule has 0 saturated carbocycles. The molecule has 70 valence electrons. The number of carbonyl (C=O) groups is 1. The summed E-state index contributed by atoms with van der Waals surface area (Å²) >= 11 is 1.51. The number of hydrogen-bond acceptors (Lipinski definition) is 3. The van der Waals surface area contributed by atoms with E-state index in [9.17, 15) is 4.79 Å². The van der Waals surface area contributed by atoms with Crippen molar-refractivity contribution in [1.29, 1.82) is 0 Å². The lowest BCUT2D eigenvalue weighted by atomic mass is 10.4. The highest BCUT2D eigenvalue weighted by molar-refractivity contribution is 7.13. The number of rotatable bonds is 1. The van der Waals surface area contributed by atoms with Gasteiger partial charge >= 0.3 is 0 Å². The second-order valence-corrected chi connectivity index (χ2v) is 4.29. The molecule has 0 N–H and O–H groups in total. The predicted octanol–water partition coefficient (Wildman–Crippen LogP) is 1.83. The molecule has 1 fully saturated rings. The molecule has 1 aliphatic heterocycles. The van der Waals surface area contributed by atoms with Gasteiger partial charge in [-0.3, -0.25) is 9.63 Å². The lowest BCUT2D eigenvalue weighted by Crippen LogP contribution is -2.25. The molecule has 0 unspecified atom stereocenters. The van der Waals surface area contributed by atoms with Crippen LogP contribution >= 0.6 is 11.3 Å². The lowest BCUT2D eigenvalue weighted by Gasteiger charge is -2.11. The smallest absolute Gasteiger partial charge is 0.271 e. The van der Waals surface area contributed by atoms with E-state index in [2.05, 4.69) is 0 Å². The first-order valence-corrected chi connectivity index (χ1v) is 5.10. The first-order chi connectivity index (χ1) is 6.27. The maximum Gasteiger partial charge on any atom is 0.287 e. The van der Waals surface area contributed by atoms with Gasteiger partial charge in [0.25, 0.3) is 5.91 Å². The fraction of sp³-hybridized carbons (Fsp3) is 0.444. The summed E-state index contributed by atoms with van der Waals surface area (Å²) in [5.74, 6) is -0.00407. The van der Waals surface area contributed by atoms with Crippen molar-refractivity contribution >= 4 is 17.2 Å². The van der Waals surface area contributed by atoms with Gasteiger partial charge in [0.15, 0.2) is 0 Å². The summed E-state index contributed by atoms with van der Waals surface area (Å²) in [5, 5.41) is 1.45. The van der Waals surface area contributed by atoms with Gasteiger partial charge in [-0.1, -0.05) is 0 Å². The van der Waals surface area contributed by atoms with Crippen LogP contribution in [0.2, 0.25) is 0 Å². The molecule has 3 nitrogen and oxygen atoms in total. The third-order valence-electron chi connectivity index (χ3n) is 1.93. The Hall–Kier alpha value is -0.870. The Morgan fingerprint density at radius 3 is 3.00 bits per heavy atom. The van der Waals surface area contributed by atoms with E-state index >= 15 is 0 Å². The molecule has 0 radical (unpaired) electrons. The van der Waals surface area contributed by atoms with Crippen molar-refractivity contribution in [3.63, 3.8) is 0 Å². The van der Waals surface area contributed by atoms with E-state index in [0.29, 0.717) is 6.61 Å². The highest BCUT2D eigenvalue weighted by Gasteiger charge is 2.21. The second kappa shape index (κ2) is 3.47. The third-order valence-corrected chi connectivity index (χ3v) is 2.92. The van der Waals surface area contributed by atoms with Crippen molar-refractivity contribution in [2.45, 2.75) is 13.3 Å². The molecule has 4 heteroatoms. The van der Waals surface area contributed by atoms with E-state index in [4.69, 9.17) is 4.84 Å². The topological polar surface area (TPSA) is 29.5 Å². The summed E-state index contributed by atoms with van der Waals surface area (Å²) in [4.78, 5) is 18.8. The molecule has 13 heavy (non-hydrogen) atoms. The molecule has 1 amide bonds. The lowest BCUT2D eigenvalue weighted by molar-refractivity contribution is -0.0765. The maximum atomic E-state index is 11.7. The molecule has 2 rings (SSSR count). The zero-order valence-corrected chi connectivity index (χ0v) is 8.26. The number of carbonyl (C=O) groups excluding carboxylic acids is 1. The number of hydroxylamine groups is 2. The first-order valence-electron chi connectivity index (χ1n) is 4.28. The van der Waals surface area contributed by atoms with E-state index < -0.39 is 0 Å². The monoisotopic (exact) mass is 197 g/mol. The minimum Gasteiger partial charge on any atom is -0.271 e. The van der Waals surface area contributed by atoms with Gasteiger partial charge in [-0.25, -0.2) is 5.06 Å². The van der Waals surface area contributed by atoms with Crippen LogP contribution in [-0.4, -0.2) is 24.1 Å². The fourth-order valence-corrected chi connectivity index (χ4v) is 2.09. The Balaban J connectivity index is 2.12. The summed E-state index contributed by atoms with van der Waals surface area (Å²) in [6.07, 6.45) is 0.941. The van der Waals surface area contributed by atoms with Crippen LogP contribution in [0.15, 0.2) is 12.1 Å². The molecule has 0 atom stereocenters. The average Bonchev–Trinajstić information content (AvgIpc) is 2.72. The molecule has 2 heterocycles. The molecule has 0 spiro atoms. The molecule has 0 bridgehead atoms. The van der Waals surface area contributed by atoms with Crippen LogP contribution in [0.3, 0.4) is 0 Å². The highest BCUT2D eigenvalue weighted by Crippen LogP contribution is 2.19. The molecule has 1 saturated heterocycles. The van der Waals surface area contributed by atoms with E-state index in [-0.39, 0.29) is 5.91 Å². The van der Waals surface area contributed by atoms with Crippen LogP contribution in [0, 0.1) is 6.92 Å². The normalized spacial score (nSPS) is 16.5. The summed E-state index contributed by atoms with van der Waals surface area (Å²) in [6.45, 7) is 3.37. The second-order valence-electron chi connectivity index (χ2n) is 3.00. The third kappa shape index (κ3) is 1.73. The minimum atomic E-state index is -0.00407. The van der Waals surface area contributed by atoms with Crippen molar-refractivity contribution in [1.82, 2.24) is 5.06 Å². The summed E-state index contributed by atoms with van der Waals surface area (Å²) in [6, 6.07) is 3.80. The van der Waals surface area contributed by atoms with Gasteiger partial charge in [0.2, 0.25) is 0 Å². The Morgan fingerprint density at radius 1 is 1.62 bits per heavy atom. The molecule has 1 aromatic heterocycles. The van der Waals surface area contributed by atoms with Crippen LogP contribution in [-0.2, 0) is 4.84 Å². The largest absolute Gasteiger partial charge is 0.287 e. The molecular weight excluding hydrogens is 186 g/mol.